The van der Waals surface area contributed by atoms with Crippen LogP contribution in [0.1, 0.15) is 34.4 Å². The Balaban J connectivity index is 1.72. The van der Waals surface area contributed by atoms with Crippen LogP contribution in [0.4, 0.5) is 13.2 Å². The van der Waals surface area contributed by atoms with Crippen LogP contribution >= 0.6 is 0 Å². The van der Waals surface area contributed by atoms with Crippen molar-refractivity contribution in [2.24, 2.45) is 0 Å². The van der Waals surface area contributed by atoms with Crippen LogP contribution in [0.5, 0.6) is 0 Å². The van der Waals surface area contributed by atoms with Crippen molar-refractivity contribution in [2.45, 2.75) is 17.8 Å². The monoisotopic (exact) mass is 324 g/mol. The zero-order valence-corrected chi connectivity index (χ0v) is 12.8. The third-order valence-corrected chi connectivity index (χ3v) is 4.78. The van der Waals surface area contributed by atoms with E-state index in [4.69, 9.17) is 0 Å². The summed E-state index contributed by atoms with van der Waals surface area (Å²) in [5.74, 6) is -0.257. The second kappa shape index (κ2) is 5.82. The number of hydrogen-bond acceptors (Lipinski definition) is 0. The van der Waals surface area contributed by atoms with Gasteiger partial charge in [0.15, 0.2) is 0 Å². The summed E-state index contributed by atoms with van der Waals surface area (Å²) in [6.07, 6.45) is 0. The predicted molar refractivity (Wildman–Crippen MR) is 87.4 cm³/mol. The molecule has 0 heterocycles. The molecule has 1 aliphatic carbocycles. The summed E-state index contributed by atoms with van der Waals surface area (Å²) in [5.41, 5.74) is 3.13. The standard InChI is InChI=1S/C21H15F3/c22-16-7-1-13(2-8-16)19-20(14-3-9-17(23)10-4-14)21(19)15-5-11-18(24)12-6-15/h1-12,19-21H. The fraction of sp³-hybridized carbons (Fsp3) is 0.143. The van der Waals surface area contributed by atoms with Gasteiger partial charge in [0.05, 0.1) is 0 Å². The van der Waals surface area contributed by atoms with Crippen LogP contribution < -0.4 is 0 Å². The van der Waals surface area contributed by atoms with Gasteiger partial charge < -0.3 is 0 Å². The maximum Gasteiger partial charge on any atom is 0.123 e. The summed E-state index contributed by atoms with van der Waals surface area (Å²) >= 11 is 0. The summed E-state index contributed by atoms with van der Waals surface area (Å²) in [7, 11) is 0. The minimum Gasteiger partial charge on any atom is -0.207 e. The fourth-order valence-corrected chi connectivity index (χ4v) is 3.61. The second-order valence-electron chi connectivity index (χ2n) is 6.23. The summed E-state index contributed by atoms with van der Waals surface area (Å²) in [4.78, 5) is 0. The first-order chi connectivity index (χ1) is 11.6. The molecule has 0 nitrogen and oxygen atoms in total. The molecular formula is C21H15F3. The zero-order valence-electron chi connectivity index (χ0n) is 12.8. The van der Waals surface area contributed by atoms with Gasteiger partial charge in [0.25, 0.3) is 0 Å². The van der Waals surface area contributed by atoms with Gasteiger partial charge in [-0.05, 0) is 70.8 Å². The molecule has 0 N–H and O–H groups in total. The Morgan fingerprint density at radius 3 is 0.792 bits per heavy atom. The molecule has 4 rings (SSSR count). The summed E-state index contributed by atoms with van der Waals surface area (Å²) in [5, 5.41) is 0. The lowest BCUT2D eigenvalue weighted by Gasteiger charge is -2.01. The molecule has 3 aromatic rings. The highest BCUT2D eigenvalue weighted by atomic mass is 19.1. The van der Waals surface area contributed by atoms with Crippen molar-refractivity contribution < 1.29 is 13.2 Å². The molecule has 0 spiro atoms. The van der Waals surface area contributed by atoms with Gasteiger partial charge in [-0.1, -0.05) is 36.4 Å². The van der Waals surface area contributed by atoms with Crippen LogP contribution in [0, 0.1) is 17.5 Å². The van der Waals surface area contributed by atoms with E-state index in [0.717, 1.165) is 16.7 Å². The maximum atomic E-state index is 13.2. The van der Waals surface area contributed by atoms with Gasteiger partial charge in [0.1, 0.15) is 17.5 Å². The van der Waals surface area contributed by atoms with Crippen LogP contribution in [0.25, 0.3) is 0 Å². The molecule has 0 bridgehead atoms. The van der Waals surface area contributed by atoms with E-state index in [2.05, 4.69) is 0 Å². The van der Waals surface area contributed by atoms with E-state index in [9.17, 15) is 13.2 Å². The molecule has 24 heavy (non-hydrogen) atoms. The van der Waals surface area contributed by atoms with Gasteiger partial charge >= 0.3 is 0 Å². The summed E-state index contributed by atoms with van der Waals surface area (Å²) < 4.78 is 39.6. The van der Waals surface area contributed by atoms with Gasteiger partial charge in [-0.2, -0.15) is 0 Å². The van der Waals surface area contributed by atoms with Crippen LogP contribution in [0.15, 0.2) is 72.8 Å². The molecule has 120 valence electrons. The van der Waals surface area contributed by atoms with Gasteiger partial charge in [0, 0.05) is 0 Å². The average molecular weight is 324 g/mol. The van der Waals surface area contributed by atoms with Crippen molar-refractivity contribution in [3.05, 3.63) is 107 Å². The first kappa shape index (κ1) is 15.0. The lowest BCUT2D eigenvalue weighted by atomic mass is 10.0. The quantitative estimate of drug-likeness (QED) is 0.574. The van der Waals surface area contributed by atoms with E-state index < -0.39 is 0 Å². The normalized spacial score (nSPS) is 22.4. The van der Waals surface area contributed by atoms with E-state index in [1.54, 1.807) is 36.4 Å². The third-order valence-electron chi connectivity index (χ3n) is 4.78. The Kier molecular flexibility index (Phi) is 3.64. The van der Waals surface area contributed by atoms with E-state index in [1.807, 2.05) is 0 Å². The largest absolute Gasteiger partial charge is 0.207 e. The highest BCUT2D eigenvalue weighted by molar-refractivity contribution is 5.47. The molecule has 1 saturated carbocycles. The van der Waals surface area contributed by atoms with Gasteiger partial charge in [0.2, 0.25) is 0 Å². The van der Waals surface area contributed by atoms with Crippen LogP contribution in [-0.4, -0.2) is 0 Å². The molecule has 0 amide bonds. The van der Waals surface area contributed by atoms with Crippen molar-refractivity contribution in [2.75, 3.05) is 0 Å². The van der Waals surface area contributed by atoms with Crippen LogP contribution in [0.2, 0.25) is 0 Å². The fourth-order valence-electron chi connectivity index (χ4n) is 3.61. The summed E-state index contributed by atoms with van der Waals surface area (Å²) in [6, 6.07) is 19.5. The predicted octanol–water partition coefficient (Wildman–Crippen LogP) is 5.77. The minimum atomic E-state index is -0.268. The van der Waals surface area contributed by atoms with E-state index in [0.29, 0.717) is 0 Å². The first-order valence-electron chi connectivity index (χ1n) is 7.90. The Bertz CT molecular complexity index is 712. The van der Waals surface area contributed by atoms with Crippen molar-refractivity contribution in [1.29, 1.82) is 0 Å². The topological polar surface area (TPSA) is 0 Å². The number of rotatable bonds is 3. The lowest BCUT2D eigenvalue weighted by molar-refractivity contribution is 0.626. The maximum absolute atomic E-state index is 13.2. The zero-order chi connectivity index (χ0) is 16.7. The molecule has 3 aromatic carbocycles. The summed E-state index contributed by atoms with van der Waals surface area (Å²) in [6.45, 7) is 0. The SMILES string of the molecule is Fc1ccc(C2C(c3ccc(F)cc3)C2c2ccc(F)cc2)cc1. The Hall–Kier alpha value is -2.55. The minimum absolute atomic E-state index is 0.182. The van der Waals surface area contributed by atoms with Crippen LogP contribution in [-0.2, 0) is 0 Å². The highest BCUT2D eigenvalue weighted by Gasteiger charge is 2.52. The van der Waals surface area contributed by atoms with Crippen molar-refractivity contribution in [3.63, 3.8) is 0 Å². The molecular weight excluding hydrogens is 309 g/mol. The highest BCUT2D eigenvalue weighted by Crippen LogP contribution is 2.66. The van der Waals surface area contributed by atoms with Crippen LogP contribution in [0.3, 0.4) is 0 Å². The molecule has 1 aliphatic rings. The lowest BCUT2D eigenvalue weighted by Crippen LogP contribution is -1.85. The third kappa shape index (κ3) is 2.71. The molecule has 0 atom stereocenters. The van der Waals surface area contributed by atoms with E-state index in [-0.39, 0.29) is 35.2 Å². The van der Waals surface area contributed by atoms with Gasteiger partial charge in [-0.15, -0.1) is 0 Å². The average Bonchev–Trinajstić information content (AvgIpc) is 3.32. The molecule has 1 fully saturated rings. The van der Waals surface area contributed by atoms with E-state index in [1.165, 1.54) is 36.4 Å². The Labute approximate surface area is 138 Å². The molecule has 0 radical (unpaired) electrons. The van der Waals surface area contributed by atoms with E-state index >= 15 is 0 Å². The molecule has 0 aliphatic heterocycles. The molecule has 0 unspecified atom stereocenters. The van der Waals surface area contributed by atoms with Crippen molar-refractivity contribution in [3.8, 4) is 0 Å². The smallest absolute Gasteiger partial charge is 0.123 e. The molecule has 0 saturated heterocycles. The van der Waals surface area contributed by atoms with Crippen molar-refractivity contribution in [1.82, 2.24) is 0 Å². The first-order valence-corrected chi connectivity index (χ1v) is 7.90. The Morgan fingerprint density at radius 1 is 0.375 bits per heavy atom. The van der Waals surface area contributed by atoms with Crippen molar-refractivity contribution >= 4 is 0 Å². The second-order valence-corrected chi connectivity index (χ2v) is 6.23. The number of benzene rings is 3. The van der Waals surface area contributed by atoms with Gasteiger partial charge in [-0.3, -0.25) is 0 Å². The number of hydrogen-bond donors (Lipinski definition) is 0. The Morgan fingerprint density at radius 2 is 0.583 bits per heavy atom. The molecule has 3 heteroatoms. The number of halogens is 3. The molecule has 0 aromatic heterocycles. The van der Waals surface area contributed by atoms with Gasteiger partial charge in [-0.25, -0.2) is 13.2 Å².